The second-order valence-corrected chi connectivity index (χ2v) is 7.16. The van der Waals surface area contributed by atoms with Gasteiger partial charge in [-0.25, -0.2) is 8.78 Å². The van der Waals surface area contributed by atoms with Crippen molar-refractivity contribution >= 4 is 17.5 Å². The third kappa shape index (κ3) is 4.78. The zero-order chi connectivity index (χ0) is 18.7. The molecule has 2 amide bonds. The Hall–Kier alpha value is -2.02. The van der Waals surface area contributed by atoms with Crippen LogP contribution < -0.4 is 10.6 Å². The van der Waals surface area contributed by atoms with Crippen LogP contribution in [0.25, 0.3) is 0 Å². The molecule has 1 aliphatic carbocycles. The zero-order valence-electron chi connectivity index (χ0n) is 14.9. The van der Waals surface area contributed by atoms with Crippen LogP contribution in [0.15, 0.2) is 18.2 Å². The highest BCUT2D eigenvalue weighted by atomic mass is 19.3. The van der Waals surface area contributed by atoms with Crippen LogP contribution in [0.1, 0.15) is 48.0 Å². The van der Waals surface area contributed by atoms with Gasteiger partial charge in [-0.15, -0.1) is 0 Å². The number of alkyl halides is 2. The number of hydrogen-bond acceptors (Lipinski definition) is 3. The molecule has 2 aliphatic rings. The molecule has 1 aromatic rings. The first-order valence-electron chi connectivity index (χ1n) is 9.18. The number of aryl methyl sites for hydroxylation is 1. The van der Waals surface area contributed by atoms with E-state index in [1.807, 2.05) is 6.92 Å². The third-order valence-electron chi connectivity index (χ3n) is 4.96. The molecule has 1 heterocycles. The minimum atomic E-state index is -2.46. The molecule has 1 atom stereocenters. The summed E-state index contributed by atoms with van der Waals surface area (Å²) in [4.78, 5) is 26.4. The van der Waals surface area contributed by atoms with Crippen molar-refractivity contribution in [3.63, 3.8) is 0 Å². The summed E-state index contributed by atoms with van der Waals surface area (Å²) in [6, 6.07) is 4.88. The molecule has 3 rings (SSSR count). The van der Waals surface area contributed by atoms with E-state index in [2.05, 4.69) is 10.6 Å². The van der Waals surface area contributed by atoms with Gasteiger partial charge in [0.25, 0.3) is 12.3 Å². The van der Waals surface area contributed by atoms with E-state index in [-0.39, 0.29) is 24.4 Å². The largest absolute Gasteiger partial charge is 0.349 e. The maximum absolute atomic E-state index is 12.8. The molecule has 2 fully saturated rings. The Morgan fingerprint density at radius 1 is 1.23 bits per heavy atom. The van der Waals surface area contributed by atoms with Crippen molar-refractivity contribution in [2.24, 2.45) is 0 Å². The number of anilines is 1. The second-order valence-electron chi connectivity index (χ2n) is 7.16. The fourth-order valence-electron chi connectivity index (χ4n) is 3.29. The first-order chi connectivity index (χ1) is 12.4. The fraction of sp³-hybridized carbons (Fsp3) is 0.579. The normalized spacial score (nSPS) is 20.8. The molecule has 0 spiro atoms. The van der Waals surface area contributed by atoms with Gasteiger partial charge in [-0.2, -0.15) is 0 Å². The average Bonchev–Trinajstić information content (AvgIpc) is 3.40. The lowest BCUT2D eigenvalue weighted by atomic mass is 10.0. The highest BCUT2D eigenvalue weighted by molar-refractivity contribution is 5.99. The number of likely N-dealkylation sites (tertiary alicyclic amines) is 1. The molecule has 0 bridgehead atoms. The quantitative estimate of drug-likeness (QED) is 0.815. The van der Waals surface area contributed by atoms with Crippen LogP contribution in [-0.2, 0) is 4.79 Å². The summed E-state index contributed by atoms with van der Waals surface area (Å²) in [5, 5.41) is 5.76. The van der Waals surface area contributed by atoms with Gasteiger partial charge in [-0.05, 0) is 56.8 Å². The number of nitrogens with one attached hydrogen (secondary N) is 2. The van der Waals surface area contributed by atoms with Gasteiger partial charge >= 0.3 is 0 Å². The molecule has 1 aliphatic heterocycles. The summed E-state index contributed by atoms with van der Waals surface area (Å²) < 4.78 is 25.6. The van der Waals surface area contributed by atoms with Crippen molar-refractivity contribution in [1.82, 2.24) is 10.2 Å². The number of rotatable bonds is 6. The van der Waals surface area contributed by atoms with Crippen LogP contribution in [0.5, 0.6) is 0 Å². The van der Waals surface area contributed by atoms with Crippen LogP contribution >= 0.6 is 0 Å². The number of amides is 2. The number of piperidine rings is 1. The molecule has 0 unspecified atom stereocenters. The molecule has 1 saturated carbocycles. The molecule has 0 radical (unpaired) electrons. The van der Waals surface area contributed by atoms with Crippen molar-refractivity contribution < 1.29 is 18.4 Å². The molecule has 7 heteroatoms. The van der Waals surface area contributed by atoms with Crippen molar-refractivity contribution in [3.8, 4) is 0 Å². The Kier molecular flexibility index (Phi) is 5.86. The molecular formula is C19H25F2N3O2. The van der Waals surface area contributed by atoms with E-state index in [0.29, 0.717) is 24.2 Å². The van der Waals surface area contributed by atoms with Crippen molar-refractivity contribution in [2.75, 3.05) is 18.4 Å². The smallest absolute Gasteiger partial charge is 0.251 e. The summed E-state index contributed by atoms with van der Waals surface area (Å²) in [5.41, 5.74) is 1.88. The zero-order valence-corrected chi connectivity index (χ0v) is 14.9. The number of benzene rings is 1. The summed E-state index contributed by atoms with van der Waals surface area (Å²) in [7, 11) is 0. The van der Waals surface area contributed by atoms with E-state index >= 15 is 0 Å². The molecule has 0 aromatic heterocycles. The van der Waals surface area contributed by atoms with Crippen LogP contribution in [0.2, 0.25) is 0 Å². The number of hydrogen-bond donors (Lipinski definition) is 2. The van der Waals surface area contributed by atoms with E-state index < -0.39 is 12.5 Å². The predicted molar refractivity (Wildman–Crippen MR) is 95.5 cm³/mol. The van der Waals surface area contributed by atoms with Crippen molar-refractivity contribution in [3.05, 3.63) is 29.3 Å². The van der Waals surface area contributed by atoms with Gasteiger partial charge in [-0.1, -0.05) is 12.5 Å². The molecule has 1 saturated heterocycles. The number of nitrogens with zero attached hydrogens (tertiary/aromatic N) is 1. The summed E-state index contributed by atoms with van der Waals surface area (Å²) in [5.74, 6) is -0.437. The summed E-state index contributed by atoms with van der Waals surface area (Å²) in [6.45, 7) is 1.96. The second kappa shape index (κ2) is 8.12. The highest BCUT2D eigenvalue weighted by Gasteiger charge is 2.31. The Morgan fingerprint density at radius 3 is 2.69 bits per heavy atom. The highest BCUT2D eigenvalue weighted by Crippen LogP contribution is 2.23. The number of carbonyl (C=O) groups is 2. The van der Waals surface area contributed by atoms with Gasteiger partial charge < -0.3 is 10.6 Å². The number of halogens is 2. The maximum Gasteiger partial charge on any atom is 0.251 e. The minimum absolute atomic E-state index is 0.153. The van der Waals surface area contributed by atoms with Gasteiger partial charge in [0.15, 0.2) is 0 Å². The van der Waals surface area contributed by atoms with Gasteiger partial charge in [-0.3, -0.25) is 14.5 Å². The van der Waals surface area contributed by atoms with E-state index in [1.165, 1.54) is 0 Å². The third-order valence-corrected chi connectivity index (χ3v) is 4.96. The van der Waals surface area contributed by atoms with Crippen LogP contribution in [0, 0.1) is 6.92 Å². The summed E-state index contributed by atoms with van der Waals surface area (Å²) >= 11 is 0. The molecular weight excluding hydrogens is 340 g/mol. The van der Waals surface area contributed by atoms with Crippen molar-refractivity contribution in [1.29, 1.82) is 0 Å². The van der Waals surface area contributed by atoms with E-state index in [1.54, 1.807) is 23.1 Å². The van der Waals surface area contributed by atoms with E-state index in [0.717, 1.165) is 31.2 Å². The Balaban J connectivity index is 1.69. The number of carbonyl (C=O) groups excluding carboxylic acids is 2. The van der Waals surface area contributed by atoms with Crippen LogP contribution in [0.4, 0.5) is 14.5 Å². The Morgan fingerprint density at radius 2 is 2.00 bits per heavy atom. The van der Waals surface area contributed by atoms with Gasteiger partial charge in [0, 0.05) is 17.3 Å². The molecule has 5 nitrogen and oxygen atoms in total. The first-order valence-corrected chi connectivity index (χ1v) is 9.18. The first kappa shape index (κ1) is 18.8. The topological polar surface area (TPSA) is 61.4 Å². The standard InChI is InChI=1S/C19H25F2N3O2/c1-12-5-6-13(18(25)22-14-7-8-14)10-15(12)23-19(26)16-4-2-3-9-24(16)11-17(20)21/h5-6,10,14,16-17H,2-4,7-9,11H2,1H3,(H,22,25)(H,23,26)/t16-/m1/s1. The van der Waals surface area contributed by atoms with Gasteiger partial charge in [0.05, 0.1) is 12.6 Å². The van der Waals surface area contributed by atoms with Gasteiger partial charge in [0.2, 0.25) is 5.91 Å². The Bertz CT molecular complexity index is 677. The molecule has 26 heavy (non-hydrogen) atoms. The van der Waals surface area contributed by atoms with Gasteiger partial charge in [0.1, 0.15) is 0 Å². The maximum atomic E-state index is 12.8. The Labute approximate surface area is 152 Å². The van der Waals surface area contributed by atoms with E-state index in [9.17, 15) is 18.4 Å². The molecule has 1 aromatic carbocycles. The van der Waals surface area contributed by atoms with Crippen LogP contribution in [0.3, 0.4) is 0 Å². The lowest BCUT2D eigenvalue weighted by Crippen LogP contribution is -2.48. The predicted octanol–water partition coefficient (Wildman–Crippen LogP) is 2.95. The van der Waals surface area contributed by atoms with Crippen molar-refractivity contribution in [2.45, 2.75) is 57.5 Å². The molecule has 142 valence electrons. The lowest BCUT2D eigenvalue weighted by molar-refractivity contribution is -0.123. The SMILES string of the molecule is Cc1ccc(C(=O)NC2CC2)cc1NC(=O)[C@H]1CCCCN1CC(F)F. The average molecular weight is 365 g/mol. The monoisotopic (exact) mass is 365 g/mol. The van der Waals surface area contributed by atoms with E-state index in [4.69, 9.17) is 0 Å². The minimum Gasteiger partial charge on any atom is -0.349 e. The lowest BCUT2D eigenvalue weighted by Gasteiger charge is -2.34. The fourth-order valence-corrected chi connectivity index (χ4v) is 3.29. The summed E-state index contributed by atoms with van der Waals surface area (Å²) in [6.07, 6.45) is 1.79. The van der Waals surface area contributed by atoms with Crippen LogP contribution in [-0.4, -0.2) is 48.3 Å². The molecule has 2 N–H and O–H groups in total.